The molecule has 14 aromatic rings. The monoisotopic (exact) mass is 1710 g/mol. The lowest BCUT2D eigenvalue weighted by Crippen LogP contribution is -2.06. The van der Waals surface area contributed by atoms with E-state index in [1.165, 1.54) is 92.4 Å². The average molecular weight is 1710 g/mol. The minimum absolute atomic E-state index is 0. The van der Waals surface area contributed by atoms with Gasteiger partial charge in [-0.1, -0.05) is 87.6 Å². The van der Waals surface area contributed by atoms with E-state index < -0.39 is 0 Å². The van der Waals surface area contributed by atoms with Gasteiger partial charge in [-0.05, 0) is 166 Å². The van der Waals surface area contributed by atoms with Gasteiger partial charge in [-0.25, -0.2) is 44.9 Å². The van der Waals surface area contributed by atoms with Gasteiger partial charge in [0.15, 0.2) is 34.5 Å². The highest BCUT2D eigenvalue weighted by atomic mass is 35.5. The molecular weight excluding hydrogens is 1620 g/mol. The molecule has 6 aromatic heterocycles. The molecule has 6 heterocycles. The fourth-order valence-electron chi connectivity index (χ4n) is 9.34. The van der Waals surface area contributed by atoms with Gasteiger partial charge in [0.2, 0.25) is 0 Å². The summed E-state index contributed by atoms with van der Waals surface area (Å²) < 4.78 is 10.2. The van der Waals surface area contributed by atoms with E-state index >= 15 is 0 Å². The van der Waals surface area contributed by atoms with Crippen LogP contribution in [-0.2, 0) is 57.5 Å². The number of fused-ring (bicyclic) bond motifs is 6. The van der Waals surface area contributed by atoms with Crippen molar-refractivity contribution in [1.82, 2.24) is 59.8 Å². The number of ether oxygens (including phenoxy) is 2. The quantitative estimate of drug-likeness (QED) is 0.0424. The van der Waals surface area contributed by atoms with Crippen LogP contribution in [0.1, 0.15) is 96.5 Å². The molecule has 14 rings (SSSR count). The molecule has 0 bridgehead atoms. The summed E-state index contributed by atoms with van der Waals surface area (Å²) in [5, 5.41) is 48.2. The number of aromatic hydroxyl groups is 4. The molecule has 0 radical (unpaired) electrons. The zero-order valence-corrected chi connectivity index (χ0v) is 62.8. The van der Waals surface area contributed by atoms with Crippen LogP contribution in [0.3, 0.4) is 0 Å². The lowest BCUT2D eigenvalue weighted by Gasteiger charge is -2.10. The molecule has 8 aromatic carbocycles. The second-order valence-corrected chi connectivity index (χ2v) is 22.2. The number of aryl methyl sites for hydroxylation is 6. The van der Waals surface area contributed by atoms with E-state index in [4.69, 9.17) is 102 Å². The van der Waals surface area contributed by atoms with Gasteiger partial charge in [0.05, 0.1) is 82.5 Å². The maximum Gasteiger partial charge on any atom is 0.373 e. The molecule has 0 spiro atoms. The molecule has 0 amide bonds. The van der Waals surface area contributed by atoms with Crippen molar-refractivity contribution in [1.29, 1.82) is 0 Å². The van der Waals surface area contributed by atoms with Crippen molar-refractivity contribution in [2.24, 2.45) is 0 Å². The first-order chi connectivity index (χ1) is 54.6. The minimum atomic E-state index is -0.347. The Bertz CT molecular complexity index is 5880. The Labute approximate surface area is 710 Å². The van der Waals surface area contributed by atoms with Crippen LogP contribution >= 0.6 is 24.0 Å². The lowest BCUT2D eigenvalue weighted by atomic mass is 10.1. The summed E-state index contributed by atoms with van der Waals surface area (Å²) in [6.07, 6.45) is 20.8. The van der Waals surface area contributed by atoms with Gasteiger partial charge in [-0.2, -0.15) is 57.5 Å². The van der Waals surface area contributed by atoms with Crippen LogP contribution in [0.4, 0.5) is 23.0 Å². The van der Waals surface area contributed by atoms with Gasteiger partial charge in [0.1, 0.15) is 35.8 Å². The van der Waals surface area contributed by atoms with Crippen LogP contribution < -0.4 is 36.8 Å². The summed E-state index contributed by atoms with van der Waals surface area (Å²) in [6, 6.07) is 35.6. The van der Waals surface area contributed by atoms with Gasteiger partial charge in [0.25, 0.3) is 16.7 Å². The van der Waals surface area contributed by atoms with E-state index in [1.807, 2.05) is 86.6 Å². The van der Waals surface area contributed by atoms with Crippen LogP contribution in [-0.4, -0.2) is 131 Å². The third-order valence-electron chi connectivity index (χ3n) is 14.9. The normalized spacial score (nSPS) is 8.58. The van der Waals surface area contributed by atoms with E-state index in [-0.39, 0.29) is 146 Å². The molecule has 0 aliphatic heterocycles. The molecule has 9 N–H and O–H groups in total. The number of terminal acetylenes is 2. The number of H-pyrrole nitrogens is 3. The smallest absolute Gasteiger partial charge is 0.373 e. The van der Waals surface area contributed by atoms with Crippen molar-refractivity contribution < 1.29 is 87.4 Å². The first kappa shape index (κ1) is 116. The maximum absolute atomic E-state index is 11.5. The molecular formula is C85H90Cl2N14O21. The van der Waals surface area contributed by atoms with Crippen molar-refractivity contribution in [3.05, 3.63) is 240 Å². The van der Waals surface area contributed by atoms with Crippen molar-refractivity contribution >= 4 is 149 Å². The SMILES string of the molecule is C.C.C.C.C.C.C.C#Cc1cccc(Nc2ncnc3cc(C)c(C)cc23)c1.C#Cc1cccc(Nc2ncnc3cc(O)c(O)cc23)c1.COc1cc2nc[nH]c(=O)c2cc1OC.Cc1cc2nc[nH]c(=O)c2cc1C.Cc1cc2ncnc(Cl)c2cc1C.Cl.O=C=O.O=C=O.O=C=O.O=C=O.O=C=O.O=C=O.O=c1[nH]cnc2cc(O)c(O)cc12. The van der Waals surface area contributed by atoms with Gasteiger partial charge < -0.3 is 55.5 Å². The number of hydrogen-bond acceptors (Lipinski definition) is 32. The number of halogens is 2. The number of aromatic nitrogens is 12. The number of rotatable bonds is 6. The number of nitrogens with one attached hydrogen (secondary N) is 5. The zero-order chi connectivity index (χ0) is 85.0. The van der Waals surface area contributed by atoms with Crippen LogP contribution in [0.5, 0.6) is 34.5 Å². The Hall–Kier alpha value is -16.4. The van der Waals surface area contributed by atoms with Gasteiger partial charge >= 0.3 is 36.9 Å². The molecule has 0 aliphatic rings. The Kier molecular flexibility index (Phi) is 58.3. The summed E-state index contributed by atoms with van der Waals surface area (Å²) in [6.45, 7) is 12.3. The number of aromatic amines is 3. The molecule has 0 saturated carbocycles. The molecule has 0 aliphatic carbocycles. The summed E-state index contributed by atoms with van der Waals surface area (Å²) in [7, 11) is 3.06. The molecule has 122 heavy (non-hydrogen) atoms. The predicted octanol–water partition coefficient (Wildman–Crippen LogP) is 13.8. The number of nitrogens with zero attached hydrogens (tertiary/aromatic N) is 9. The second kappa shape index (κ2) is 61.0. The molecule has 37 heteroatoms. The maximum atomic E-state index is 11.5. The number of carbonyl (C=O) groups excluding carboxylic acids is 12. The zero-order valence-electron chi connectivity index (χ0n) is 61.2. The summed E-state index contributed by atoms with van der Waals surface area (Å²) >= 11 is 5.93. The van der Waals surface area contributed by atoms with E-state index in [2.05, 4.69) is 122 Å². The number of anilines is 4. The molecule has 640 valence electrons. The van der Waals surface area contributed by atoms with Crippen molar-refractivity contribution in [3.8, 4) is 59.2 Å². The standard InChI is InChI=1S/C18H15N3.C16H11N3O2.C10H9ClN2.C10H10N2O3.C10H10N2O.C8H6N2O3.6CO2.7CH4.ClH/c1-4-14-6-5-7-15(10-14)21-18-16-8-12(2)13(3)9-17(16)19-11-20-18;1-2-10-4-3-5-11(6-10)19-16-12-7-14(20)15(21)8-13(12)17-9-18-16;1-6-3-8-9(4-7(6)2)12-5-13-10(8)11;1-14-8-3-6-7(4-9(8)15-2)11-5-12-10(6)13;1-6-3-8-9(4-7(6)2)11-5-12-10(8)13;11-6-1-4-5(2-7(6)12)9-3-10-8(4)13;6*2-1-3;;;;;;;;/h1,5-11H,2-3H3,(H,19,20,21);1,3-9,20-21H,(H,17,18,19);3-5H,1-2H3;3-5H,1-2H3,(H,11,12,13);3-5H,1-2H3,(H,11,12,13);1-3,11-12H,(H,9,10,13);;;;;;;7*1H4;1H. The van der Waals surface area contributed by atoms with E-state index in [1.54, 1.807) is 18.5 Å². The predicted molar refractivity (Wildman–Crippen MR) is 459 cm³/mol. The van der Waals surface area contributed by atoms with Crippen molar-refractivity contribution in [3.63, 3.8) is 0 Å². The fraction of sp³-hybridized carbons (Fsp3) is 0.176. The first-order valence-corrected chi connectivity index (χ1v) is 31.8. The number of benzene rings is 8. The third kappa shape index (κ3) is 35.4. The Morgan fingerprint density at radius 2 is 0.607 bits per heavy atom. The number of phenolic OH excluding ortho intramolecular Hbond substituents is 4. The molecule has 35 nitrogen and oxygen atoms in total. The summed E-state index contributed by atoms with van der Waals surface area (Å²) in [5.74, 6) is 6.52. The molecule has 0 saturated heterocycles. The van der Waals surface area contributed by atoms with Crippen LogP contribution in [0.25, 0.3) is 65.4 Å². The van der Waals surface area contributed by atoms with Crippen molar-refractivity contribution in [2.45, 2.75) is 93.5 Å². The van der Waals surface area contributed by atoms with E-state index in [0.29, 0.717) is 55.2 Å². The average Bonchev–Trinajstić information content (AvgIpc) is 0.824. The largest absolute Gasteiger partial charge is 0.504 e. The summed E-state index contributed by atoms with van der Waals surface area (Å²) in [5.41, 5.74) is 13.9. The van der Waals surface area contributed by atoms with Crippen LogP contribution in [0.15, 0.2) is 174 Å². The minimum Gasteiger partial charge on any atom is -0.504 e. The highest BCUT2D eigenvalue weighted by molar-refractivity contribution is 6.34. The van der Waals surface area contributed by atoms with Crippen LogP contribution in [0, 0.1) is 66.2 Å². The number of methoxy groups -OCH3 is 2. The number of hydrogen-bond donors (Lipinski definition) is 9. The van der Waals surface area contributed by atoms with Gasteiger partial charge in [0, 0.05) is 56.9 Å². The molecule has 0 fully saturated rings. The van der Waals surface area contributed by atoms with Gasteiger partial charge in [-0.3, -0.25) is 14.4 Å². The van der Waals surface area contributed by atoms with Crippen LogP contribution in [0.2, 0.25) is 5.15 Å². The lowest BCUT2D eigenvalue weighted by molar-refractivity contribution is -0.193. The third-order valence-corrected chi connectivity index (χ3v) is 15.2. The summed E-state index contributed by atoms with van der Waals surface area (Å²) in [4.78, 5) is 176. The topological polar surface area (TPSA) is 543 Å². The molecule has 0 unspecified atom stereocenters. The highest BCUT2D eigenvalue weighted by Gasteiger charge is 2.13. The van der Waals surface area contributed by atoms with E-state index in [9.17, 15) is 24.6 Å². The van der Waals surface area contributed by atoms with Gasteiger partial charge in [-0.15, -0.1) is 25.3 Å². The highest BCUT2D eigenvalue weighted by Crippen LogP contribution is 2.34. The number of phenols is 4. The molecule has 0 atom stereocenters. The fourth-order valence-corrected chi connectivity index (χ4v) is 9.54. The first-order valence-electron chi connectivity index (χ1n) is 31.5. The van der Waals surface area contributed by atoms with Crippen molar-refractivity contribution in [2.75, 3.05) is 24.9 Å². The van der Waals surface area contributed by atoms with E-state index in [0.717, 1.165) is 66.8 Å². The second-order valence-electron chi connectivity index (χ2n) is 21.8. The Morgan fingerprint density at radius 1 is 0.344 bits per heavy atom. The Morgan fingerprint density at radius 3 is 0.975 bits per heavy atom. The Balaban J connectivity index is -0.000000316.